The minimum Gasteiger partial charge on any atom is -0.351 e. The standard InChI is InChI=1S/C14H16ClF3N2O/c1-2-19-6-10-7-20(9-21-8-14(16,17)18)13-5-11(15)3-4-12(10)13/h3-5,7,19H,2,6,8-9H2,1H3. The van der Waals surface area contributed by atoms with E-state index in [1.54, 1.807) is 22.9 Å². The topological polar surface area (TPSA) is 26.2 Å². The Bertz CT molecular complexity index is 610. The summed E-state index contributed by atoms with van der Waals surface area (Å²) in [5, 5.41) is 4.69. The molecule has 0 amide bonds. The molecule has 0 aliphatic heterocycles. The van der Waals surface area contributed by atoms with Crippen LogP contribution >= 0.6 is 11.6 Å². The van der Waals surface area contributed by atoms with E-state index in [1.165, 1.54) is 0 Å². The molecule has 21 heavy (non-hydrogen) atoms. The Labute approximate surface area is 125 Å². The molecule has 0 atom stereocenters. The Morgan fingerprint density at radius 3 is 2.76 bits per heavy atom. The number of benzene rings is 1. The van der Waals surface area contributed by atoms with Gasteiger partial charge >= 0.3 is 6.18 Å². The molecule has 1 heterocycles. The largest absolute Gasteiger partial charge is 0.411 e. The molecule has 1 N–H and O–H groups in total. The van der Waals surface area contributed by atoms with Gasteiger partial charge in [0.2, 0.25) is 0 Å². The van der Waals surface area contributed by atoms with Crippen LogP contribution in [0.15, 0.2) is 24.4 Å². The average molecular weight is 321 g/mol. The molecule has 0 aliphatic carbocycles. The number of nitrogens with one attached hydrogen (secondary N) is 1. The van der Waals surface area contributed by atoms with Gasteiger partial charge in [0.05, 0.1) is 5.52 Å². The maximum Gasteiger partial charge on any atom is 0.411 e. The van der Waals surface area contributed by atoms with E-state index < -0.39 is 12.8 Å². The monoisotopic (exact) mass is 320 g/mol. The van der Waals surface area contributed by atoms with Gasteiger partial charge in [-0.15, -0.1) is 0 Å². The number of nitrogens with zero attached hydrogens (tertiary/aromatic N) is 1. The summed E-state index contributed by atoms with van der Waals surface area (Å²) in [5.74, 6) is 0. The molecule has 0 unspecified atom stereocenters. The van der Waals surface area contributed by atoms with Crippen LogP contribution in [0.3, 0.4) is 0 Å². The Kier molecular flexibility index (Phi) is 5.13. The van der Waals surface area contributed by atoms with Crippen molar-refractivity contribution in [3.05, 3.63) is 35.0 Å². The van der Waals surface area contributed by atoms with E-state index in [1.807, 2.05) is 13.0 Å². The molecule has 3 nitrogen and oxygen atoms in total. The Morgan fingerprint density at radius 1 is 1.33 bits per heavy atom. The number of hydrogen-bond acceptors (Lipinski definition) is 2. The first-order chi connectivity index (χ1) is 9.90. The Balaban J connectivity index is 2.23. The highest BCUT2D eigenvalue weighted by Gasteiger charge is 2.27. The van der Waals surface area contributed by atoms with Gasteiger partial charge < -0.3 is 14.6 Å². The molecule has 0 saturated carbocycles. The van der Waals surface area contributed by atoms with Crippen molar-refractivity contribution in [1.82, 2.24) is 9.88 Å². The van der Waals surface area contributed by atoms with Crippen LogP contribution in [0.25, 0.3) is 10.9 Å². The van der Waals surface area contributed by atoms with Crippen LogP contribution in [0.4, 0.5) is 13.2 Å². The van der Waals surface area contributed by atoms with Gasteiger partial charge in [-0.3, -0.25) is 0 Å². The number of fused-ring (bicyclic) bond motifs is 1. The number of hydrogen-bond donors (Lipinski definition) is 1. The first-order valence-corrected chi connectivity index (χ1v) is 6.91. The Morgan fingerprint density at radius 2 is 2.10 bits per heavy atom. The van der Waals surface area contributed by atoms with Crippen LogP contribution in [0.2, 0.25) is 5.02 Å². The van der Waals surface area contributed by atoms with E-state index in [-0.39, 0.29) is 6.73 Å². The number of halogens is 4. The SMILES string of the molecule is CCNCc1cn(COCC(F)(F)F)c2cc(Cl)ccc12. The highest BCUT2D eigenvalue weighted by atomic mass is 35.5. The molecular weight excluding hydrogens is 305 g/mol. The zero-order valence-corrected chi connectivity index (χ0v) is 12.3. The summed E-state index contributed by atoms with van der Waals surface area (Å²) < 4.78 is 42.8. The fourth-order valence-corrected chi connectivity index (χ4v) is 2.27. The van der Waals surface area contributed by atoms with E-state index in [0.29, 0.717) is 11.6 Å². The van der Waals surface area contributed by atoms with Gasteiger partial charge in [-0.1, -0.05) is 24.6 Å². The van der Waals surface area contributed by atoms with Crippen LogP contribution in [-0.2, 0) is 18.0 Å². The maximum absolute atomic E-state index is 12.1. The van der Waals surface area contributed by atoms with Gasteiger partial charge in [-0.25, -0.2) is 0 Å². The van der Waals surface area contributed by atoms with Gasteiger partial charge in [0, 0.05) is 23.2 Å². The molecule has 1 aromatic carbocycles. The lowest BCUT2D eigenvalue weighted by atomic mass is 10.2. The van der Waals surface area contributed by atoms with Gasteiger partial charge in [-0.2, -0.15) is 13.2 Å². The van der Waals surface area contributed by atoms with E-state index in [9.17, 15) is 13.2 Å². The lowest BCUT2D eigenvalue weighted by Crippen LogP contribution is -2.18. The minimum absolute atomic E-state index is 0.164. The predicted octanol–water partition coefficient (Wildman–Crippen LogP) is 3.94. The molecular formula is C14H16ClF3N2O. The third-order valence-corrected chi connectivity index (χ3v) is 3.22. The van der Waals surface area contributed by atoms with Crippen LogP contribution < -0.4 is 5.32 Å². The molecule has 0 spiro atoms. The minimum atomic E-state index is -4.33. The molecule has 0 saturated heterocycles. The van der Waals surface area contributed by atoms with Crippen LogP contribution in [0, 0.1) is 0 Å². The van der Waals surface area contributed by atoms with E-state index in [4.69, 9.17) is 16.3 Å². The second-order valence-corrected chi connectivity index (χ2v) is 5.10. The van der Waals surface area contributed by atoms with Crippen molar-refractivity contribution in [2.75, 3.05) is 13.2 Å². The fourth-order valence-electron chi connectivity index (χ4n) is 2.11. The molecule has 1 aromatic heterocycles. The summed E-state index contributed by atoms with van der Waals surface area (Å²) in [7, 11) is 0. The van der Waals surface area contributed by atoms with Crippen molar-refractivity contribution in [3.8, 4) is 0 Å². The zero-order chi connectivity index (χ0) is 15.5. The number of aromatic nitrogens is 1. The Hall–Kier alpha value is -1.24. The third-order valence-electron chi connectivity index (χ3n) is 2.99. The van der Waals surface area contributed by atoms with E-state index in [0.717, 1.165) is 23.0 Å². The van der Waals surface area contributed by atoms with E-state index in [2.05, 4.69) is 5.32 Å². The van der Waals surface area contributed by atoms with Crippen LogP contribution in [0.1, 0.15) is 12.5 Å². The quantitative estimate of drug-likeness (QED) is 0.872. The summed E-state index contributed by atoms with van der Waals surface area (Å²) in [4.78, 5) is 0. The normalized spacial score (nSPS) is 12.2. The summed E-state index contributed by atoms with van der Waals surface area (Å²) >= 11 is 5.96. The van der Waals surface area contributed by atoms with Crippen molar-refractivity contribution >= 4 is 22.5 Å². The van der Waals surface area contributed by atoms with Gasteiger partial charge in [0.1, 0.15) is 13.3 Å². The summed E-state index contributed by atoms with van der Waals surface area (Å²) in [5.41, 5.74) is 1.76. The van der Waals surface area contributed by atoms with Gasteiger partial charge in [-0.05, 0) is 24.2 Å². The summed E-state index contributed by atoms with van der Waals surface area (Å²) in [6, 6.07) is 5.36. The second kappa shape index (κ2) is 6.68. The number of alkyl halides is 3. The van der Waals surface area contributed by atoms with Crippen molar-refractivity contribution in [2.45, 2.75) is 26.4 Å². The fraction of sp³-hybridized carbons (Fsp3) is 0.429. The zero-order valence-electron chi connectivity index (χ0n) is 11.5. The number of rotatable bonds is 6. The molecule has 7 heteroatoms. The highest BCUT2D eigenvalue weighted by Crippen LogP contribution is 2.25. The lowest BCUT2D eigenvalue weighted by molar-refractivity contribution is -0.181. The maximum atomic E-state index is 12.1. The second-order valence-electron chi connectivity index (χ2n) is 4.66. The van der Waals surface area contributed by atoms with Crippen molar-refractivity contribution < 1.29 is 17.9 Å². The molecule has 0 aliphatic rings. The molecule has 2 aromatic rings. The smallest absolute Gasteiger partial charge is 0.351 e. The average Bonchev–Trinajstić information content (AvgIpc) is 2.72. The van der Waals surface area contributed by atoms with Gasteiger partial charge in [0.15, 0.2) is 0 Å². The molecule has 0 fully saturated rings. The highest BCUT2D eigenvalue weighted by molar-refractivity contribution is 6.31. The van der Waals surface area contributed by atoms with Crippen molar-refractivity contribution in [2.24, 2.45) is 0 Å². The van der Waals surface area contributed by atoms with Crippen molar-refractivity contribution in [3.63, 3.8) is 0 Å². The van der Waals surface area contributed by atoms with Crippen LogP contribution in [0.5, 0.6) is 0 Å². The van der Waals surface area contributed by atoms with E-state index >= 15 is 0 Å². The molecule has 2 rings (SSSR count). The van der Waals surface area contributed by atoms with Gasteiger partial charge in [0.25, 0.3) is 0 Å². The molecule has 116 valence electrons. The third kappa shape index (κ3) is 4.36. The first-order valence-electron chi connectivity index (χ1n) is 6.53. The van der Waals surface area contributed by atoms with Crippen molar-refractivity contribution in [1.29, 1.82) is 0 Å². The summed E-state index contributed by atoms with van der Waals surface area (Å²) in [6.45, 7) is 2.01. The summed E-state index contributed by atoms with van der Waals surface area (Å²) in [6.07, 6.45) is -2.53. The van der Waals surface area contributed by atoms with Crippen LogP contribution in [-0.4, -0.2) is 23.9 Å². The number of ether oxygens (including phenoxy) is 1. The lowest BCUT2D eigenvalue weighted by Gasteiger charge is -2.09. The molecule has 0 radical (unpaired) electrons. The molecule has 0 bridgehead atoms. The first kappa shape index (κ1) is 16.1. The predicted molar refractivity (Wildman–Crippen MR) is 76.3 cm³/mol.